The predicted molar refractivity (Wildman–Crippen MR) is 69.2 cm³/mol. The third-order valence-corrected chi connectivity index (χ3v) is 5.68. The Morgan fingerprint density at radius 3 is 2.67 bits per heavy atom. The maximum atomic E-state index is 4.62. The summed E-state index contributed by atoms with van der Waals surface area (Å²) >= 11 is 0. The highest BCUT2D eigenvalue weighted by Gasteiger charge is 2.29. The van der Waals surface area contributed by atoms with Gasteiger partial charge < -0.3 is 0 Å². The normalized spacial score (nSPS) is 16.9. The quantitative estimate of drug-likeness (QED) is 0.594. The van der Waals surface area contributed by atoms with E-state index in [0.717, 1.165) is 0 Å². The van der Waals surface area contributed by atoms with Crippen molar-refractivity contribution in [1.29, 1.82) is 0 Å². The van der Waals surface area contributed by atoms with E-state index in [2.05, 4.69) is 60.3 Å². The van der Waals surface area contributed by atoms with Crippen molar-refractivity contribution in [3.05, 3.63) is 36.4 Å². The molecule has 74 valence electrons. The Morgan fingerprint density at radius 1 is 1.00 bits per heavy atom. The lowest BCUT2D eigenvalue weighted by molar-refractivity contribution is 1.64. The molecule has 0 saturated carbocycles. The lowest BCUT2D eigenvalue weighted by Crippen LogP contribution is -2.40. The van der Waals surface area contributed by atoms with Crippen molar-refractivity contribution in [1.82, 2.24) is 0 Å². The Labute approximate surface area is 90.5 Å². The van der Waals surface area contributed by atoms with Gasteiger partial charge in [0.2, 0.25) is 0 Å². The van der Waals surface area contributed by atoms with Gasteiger partial charge >= 0.3 is 0 Å². The maximum absolute atomic E-state index is 4.62. The molecule has 2 aromatic carbocycles. The van der Waals surface area contributed by atoms with Crippen LogP contribution >= 0.6 is 0 Å². The molecule has 15 heavy (non-hydrogen) atoms. The van der Waals surface area contributed by atoms with Crippen LogP contribution in [0.4, 0.5) is 5.69 Å². The third kappa shape index (κ3) is 1.18. The third-order valence-electron chi connectivity index (χ3n) is 3.11. The number of fused-ring (bicyclic) bond motifs is 3. The molecule has 0 aliphatic carbocycles. The van der Waals surface area contributed by atoms with E-state index in [9.17, 15) is 0 Å². The van der Waals surface area contributed by atoms with Crippen LogP contribution in [0.5, 0.6) is 0 Å². The summed E-state index contributed by atoms with van der Waals surface area (Å²) in [7, 11) is -1.37. The Hall–Kier alpha value is -1.41. The highest BCUT2D eigenvalue weighted by atomic mass is 28.3. The average Bonchev–Trinajstić information content (AvgIpc) is 2.55. The van der Waals surface area contributed by atoms with Gasteiger partial charge in [0.15, 0.2) is 0 Å². The summed E-state index contributed by atoms with van der Waals surface area (Å²) in [6.45, 7) is 4.69. The summed E-state index contributed by atoms with van der Waals surface area (Å²) in [4.78, 5) is 4.62. The minimum Gasteiger partial charge on any atom is -0.265 e. The van der Waals surface area contributed by atoms with E-state index in [4.69, 9.17) is 0 Å². The average molecular weight is 211 g/mol. The van der Waals surface area contributed by atoms with Crippen LogP contribution in [0.1, 0.15) is 0 Å². The fourth-order valence-electron chi connectivity index (χ4n) is 2.21. The van der Waals surface area contributed by atoms with Crippen LogP contribution in [0.25, 0.3) is 10.8 Å². The van der Waals surface area contributed by atoms with E-state index in [-0.39, 0.29) is 0 Å². The van der Waals surface area contributed by atoms with E-state index in [1.807, 2.05) is 0 Å². The van der Waals surface area contributed by atoms with Gasteiger partial charge in [0.1, 0.15) is 8.07 Å². The number of hydrogen-bond acceptors (Lipinski definition) is 1. The largest absolute Gasteiger partial charge is 0.265 e. The fraction of sp³-hybridized carbons (Fsp3) is 0.154. The van der Waals surface area contributed by atoms with Crippen LogP contribution in [-0.4, -0.2) is 13.9 Å². The monoisotopic (exact) mass is 211 g/mol. The standard InChI is InChI=1S/C13H13NSi/c1-15(2)9-14-13-11-6-4-3-5-10(11)7-8-12(13)15/h3-9H,1-2H3. The molecule has 1 aliphatic rings. The highest BCUT2D eigenvalue weighted by Crippen LogP contribution is 2.29. The van der Waals surface area contributed by atoms with Crippen molar-refractivity contribution >= 4 is 35.6 Å². The molecule has 0 spiro atoms. The molecule has 1 nitrogen and oxygen atoms in total. The van der Waals surface area contributed by atoms with Crippen LogP contribution in [-0.2, 0) is 0 Å². The topological polar surface area (TPSA) is 12.4 Å². The minimum atomic E-state index is -1.37. The van der Waals surface area contributed by atoms with Crippen molar-refractivity contribution in [2.24, 2.45) is 4.99 Å². The van der Waals surface area contributed by atoms with Crippen LogP contribution in [0.15, 0.2) is 41.4 Å². The molecule has 0 amide bonds. The number of nitrogens with zero attached hydrogens (tertiary/aromatic N) is 1. The molecular weight excluding hydrogens is 198 g/mol. The van der Waals surface area contributed by atoms with Gasteiger partial charge in [-0.1, -0.05) is 49.5 Å². The van der Waals surface area contributed by atoms with Crippen LogP contribution in [0.2, 0.25) is 13.1 Å². The SMILES string of the molecule is C[Si]1(C)C=Nc2c1ccc1ccccc21. The van der Waals surface area contributed by atoms with Crippen molar-refractivity contribution in [2.75, 3.05) is 0 Å². The highest BCUT2D eigenvalue weighted by molar-refractivity contribution is 7.11. The lowest BCUT2D eigenvalue weighted by atomic mass is 10.1. The number of benzene rings is 2. The minimum absolute atomic E-state index is 1.21. The van der Waals surface area contributed by atoms with Crippen molar-refractivity contribution in [3.63, 3.8) is 0 Å². The molecule has 0 N–H and O–H groups in total. The summed E-state index contributed by atoms with van der Waals surface area (Å²) in [6.07, 6.45) is 0. The second kappa shape index (κ2) is 2.80. The summed E-state index contributed by atoms with van der Waals surface area (Å²) in [5.41, 5.74) is 1.21. The van der Waals surface area contributed by atoms with E-state index in [1.54, 1.807) is 0 Å². The first-order valence-corrected chi connectivity index (χ1v) is 8.34. The Bertz CT molecular complexity index is 570. The molecule has 0 aromatic heterocycles. The van der Waals surface area contributed by atoms with E-state index in [1.165, 1.54) is 21.6 Å². The first-order chi connectivity index (χ1) is 7.18. The fourth-order valence-corrected chi connectivity index (χ4v) is 4.12. The molecule has 3 rings (SSSR count). The summed E-state index contributed by atoms with van der Waals surface area (Å²) in [5.74, 6) is 2.18. The zero-order chi connectivity index (χ0) is 10.5. The first kappa shape index (κ1) is 8.86. The molecule has 2 aromatic rings. The number of hydrogen-bond donors (Lipinski definition) is 0. The van der Waals surface area contributed by atoms with Gasteiger partial charge in [-0.25, -0.2) is 0 Å². The smallest absolute Gasteiger partial charge is 0.128 e. The maximum Gasteiger partial charge on any atom is 0.128 e. The Morgan fingerprint density at radius 2 is 1.80 bits per heavy atom. The zero-order valence-corrected chi connectivity index (χ0v) is 9.99. The van der Waals surface area contributed by atoms with Gasteiger partial charge in [0, 0.05) is 5.39 Å². The van der Waals surface area contributed by atoms with Crippen molar-refractivity contribution < 1.29 is 0 Å². The molecule has 1 heterocycles. The van der Waals surface area contributed by atoms with Gasteiger partial charge in [-0.05, 0) is 16.4 Å². The summed E-state index contributed by atoms with van der Waals surface area (Å²) < 4.78 is 0. The molecule has 2 heteroatoms. The van der Waals surface area contributed by atoms with Crippen LogP contribution in [0.3, 0.4) is 0 Å². The molecule has 0 unspecified atom stereocenters. The van der Waals surface area contributed by atoms with E-state index in [0.29, 0.717) is 0 Å². The Kier molecular flexibility index (Phi) is 1.65. The molecule has 0 atom stereocenters. The van der Waals surface area contributed by atoms with Crippen molar-refractivity contribution in [3.8, 4) is 0 Å². The summed E-state index contributed by atoms with van der Waals surface area (Å²) in [6, 6.07) is 13.0. The lowest BCUT2D eigenvalue weighted by Gasteiger charge is -2.13. The van der Waals surface area contributed by atoms with Crippen molar-refractivity contribution in [2.45, 2.75) is 13.1 Å². The van der Waals surface area contributed by atoms with Gasteiger partial charge in [-0.2, -0.15) is 0 Å². The van der Waals surface area contributed by atoms with Gasteiger partial charge in [-0.3, -0.25) is 4.99 Å². The van der Waals surface area contributed by atoms with Gasteiger partial charge in [0.25, 0.3) is 0 Å². The van der Waals surface area contributed by atoms with Gasteiger partial charge in [0.05, 0.1) is 5.69 Å². The van der Waals surface area contributed by atoms with E-state index >= 15 is 0 Å². The van der Waals surface area contributed by atoms with Crippen LogP contribution < -0.4 is 5.19 Å². The summed E-state index contributed by atoms with van der Waals surface area (Å²) in [5, 5.41) is 4.06. The van der Waals surface area contributed by atoms with Crippen LogP contribution in [0, 0.1) is 0 Å². The molecule has 0 bridgehead atoms. The number of rotatable bonds is 0. The second-order valence-corrected chi connectivity index (χ2v) is 8.90. The molecule has 0 radical (unpaired) electrons. The van der Waals surface area contributed by atoms with E-state index < -0.39 is 8.07 Å². The molecule has 0 fully saturated rings. The zero-order valence-electron chi connectivity index (χ0n) is 8.99. The van der Waals surface area contributed by atoms with Gasteiger partial charge in [-0.15, -0.1) is 0 Å². The predicted octanol–water partition coefficient (Wildman–Crippen LogP) is 3.01. The molecule has 0 saturated heterocycles. The second-order valence-electron chi connectivity index (χ2n) is 4.66. The molecule has 1 aliphatic heterocycles. The number of aliphatic imine (C=N–C) groups is 1. The molecular formula is C13H13NSi. The Balaban J connectivity index is 2.43. The first-order valence-electron chi connectivity index (χ1n) is 5.26.